The molecule has 0 amide bonds. The van der Waals surface area contributed by atoms with Gasteiger partial charge in [0.1, 0.15) is 0 Å². The van der Waals surface area contributed by atoms with Crippen molar-refractivity contribution < 1.29 is 13.2 Å². The zero-order valence-corrected chi connectivity index (χ0v) is 21.0. The molecule has 7 unspecified atom stereocenters. The van der Waals surface area contributed by atoms with Crippen molar-refractivity contribution in [1.29, 1.82) is 0 Å². The molecule has 3 aliphatic rings. The van der Waals surface area contributed by atoms with Crippen LogP contribution in [-0.2, 0) is 21.0 Å². The van der Waals surface area contributed by atoms with Gasteiger partial charge < -0.3 is 4.74 Å². The highest BCUT2D eigenvalue weighted by Gasteiger charge is 2.52. The lowest BCUT2D eigenvalue weighted by molar-refractivity contribution is -0.0962. The van der Waals surface area contributed by atoms with E-state index in [1.54, 1.807) is 12.1 Å². The van der Waals surface area contributed by atoms with Crippen molar-refractivity contribution in [3.8, 4) is 0 Å². The second-order valence-corrected chi connectivity index (χ2v) is 13.2. The van der Waals surface area contributed by atoms with E-state index in [4.69, 9.17) is 4.74 Å². The van der Waals surface area contributed by atoms with Gasteiger partial charge in [0, 0.05) is 5.92 Å². The molecule has 2 fully saturated rings. The van der Waals surface area contributed by atoms with Crippen LogP contribution in [-0.4, -0.2) is 20.6 Å². The van der Waals surface area contributed by atoms with Crippen LogP contribution in [0.2, 0.25) is 0 Å². The second kappa shape index (κ2) is 9.19. The maximum Gasteiger partial charge on any atom is 0.185 e. The summed E-state index contributed by atoms with van der Waals surface area (Å²) in [5.41, 5.74) is 2.20. The zero-order valence-electron chi connectivity index (χ0n) is 20.2. The van der Waals surface area contributed by atoms with Crippen molar-refractivity contribution in [1.82, 2.24) is 0 Å². The molecule has 0 radical (unpaired) electrons. The summed E-state index contributed by atoms with van der Waals surface area (Å²) in [7, 11) is -3.52. The summed E-state index contributed by atoms with van der Waals surface area (Å²) in [5, 5.41) is -0.527. The maximum atomic E-state index is 14.1. The van der Waals surface area contributed by atoms with Gasteiger partial charge >= 0.3 is 0 Å². The molecule has 0 spiro atoms. The Morgan fingerprint density at radius 3 is 2.36 bits per heavy atom. The Labute approximate surface area is 199 Å². The predicted octanol–water partition coefficient (Wildman–Crippen LogP) is 6.63. The lowest BCUT2D eigenvalue weighted by atomic mass is 9.74. The molecule has 33 heavy (non-hydrogen) atoms. The molecule has 4 heteroatoms. The van der Waals surface area contributed by atoms with E-state index in [-0.39, 0.29) is 18.1 Å². The largest absolute Gasteiger partial charge is 0.374 e. The van der Waals surface area contributed by atoms with Crippen molar-refractivity contribution in [3.05, 3.63) is 65.7 Å². The van der Waals surface area contributed by atoms with Gasteiger partial charge in [0.05, 0.1) is 22.4 Å². The van der Waals surface area contributed by atoms with Gasteiger partial charge in [-0.2, -0.15) is 0 Å². The molecule has 2 aromatic carbocycles. The van der Waals surface area contributed by atoms with Crippen molar-refractivity contribution in [3.63, 3.8) is 0 Å². The number of ether oxygens (including phenoxy) is 1. The Bertz CT molecular complexity index is 1060. The van der Waals surface area contributed by atoms with E-state index < -0.39 is 15.1 Å². The molecule has 2 saturated carbocycles. The second-order valence-electron chi connectivity index (χ2n) is 11.1. The van der Waals surface area contributed by atoms with Crippen LogP contribution in [0, 0.1) is 29.6 Å². The summed E-state index contributed by atoms with van der Waals surface area (Å²) in [6.07, 6.45) is 6.85. The van der Waals surface area contributed by atoms with E-state index in [9.17, 15) is 8.42 Å². The first kappa shape index (κ1) is 23.1. The first-order valence-electron chi connectivity index (χ1n) is 12.9. The molecule has 7 atom stereocenters. The number of hydrogen-bond donors (Lipinski definition) is 0. The van der Waals surface area contributed by atoms with Crippen LogP contribution in [0.1, 0.15) is 69.3 Å². The molecule has 0 heterocycles. The monoisotopic (exact) mass is 466 g/mol. The first-order valence-corrected chi connectivity index (χ1v) is 14.4. The molecule has 3 aliphatic carbocycles. The lowest BCUT2D eigenvalue weighted by Gasteiger charge is -2.42. The summed E-state index contributed by atoms with van der Waals surface area (Å²) < 4.78 is 35.2. The molecule has 5 rings (SSSR count). The summed E-state index contributed by atoms with van der Waals surface area (Å²) in [5.74, 6) is 2.23. The minimum Gasteiger partial charge on any atom is -0.374 e. The highest BCUT2D eigenvalue weighted by molar-refractivity contribution is 7.91. The molecule has 2 aromatic rings. The van der Waals surface area contributed by atoms with Crippen LogP contribution in [0.5, 0.6) is 0 Å². The van der Waals surface area contributed by atoms with Crippen molar-refractivity contribution in [2.75, 3.05) is 0 Å². The van der Waals surface area contributed by atoms with Gasteiger partial charge in [-0.1, -0.05) is 69.7 Å². The number of rotatable bonds is 5. The van der Waals surface area contributed by atoms with E-state index in [1.807, 2.05) is 36.4 Å². The molecule has 0 N–H and O–H groups in total. The summed E-state index contributed by atoms with van der Waals surface area (Å²) >= 11 is 0. The SMILES string of the molecule is CC1CCC(C(C)C)C(OC2CCC3Cc4ccccc4C(S(=O)(=O)c4ccccc4)C32)C1. The molecule has 0 saturated heterocycles. The topological polar surface area (TPSA) is 43.4 Å². The molecular formula is C29H38O3S. The molecule has 178 valence electrons. The van der Waals surface area contributed by atoms with Gasteiger partial charge in [-0.25, -0.2) is 8.42 Å². The van der Waals surface area contributed by atoms with E-state index in [1.165, 1.54) is 18.4 Å². The van der Waals surface area contributed by atoms with Crippen molar-refractivity contribution >= 4 is 9.84 Å². The van der Waals surface area contributed by atoms with Gasteiger partial charge in [0.2, 0.25) is 0 Å². The minimum atomic E-state index is -3.52. The first-order chi connectivity index (χ1) is 15.9. The third-order valence-corrected chi connectivity index (χ3v) is 10.9. The minimum absolute atomic E-state index is 0.0170. The van der Waals surface area contributed by atoms with E-state index in [2.05, 4.69) is 26.8 Å². The molecule has 0 aromatic heterocycles. The smallest absolute Gasteiger partial charge is 0.185 e. The van der Waals surface area contributed by atoms with Gasteiger partial charge in [0.15, 0.2) is 9.84 Å². The molecule has 0 bridgehead atoms. The molecular weight excluding hydrogens is 428 g/mol. The Morgan fingerprint density at radius 2 is 1.61 bits per heavy atom. The van der Waals surface area contributed by atoms with Crippen LogP contribution >= 0.6 is 0 Å². The highest BCUT2D eigenvalue weighted by Crippen LogP contribution is 2.53. The van der Waals surface area contributed by atoms with Crippen LogP contribution in [0.4, 0.5) is 0 Å². The standard InChI is InChI=1S/C29H38O3S/c1-19(2)24-15-13-20(3)17-27(24)32-26-16-14-22-18-21-9-7-8-12-25(21)29(28(22)26)33(30,31)23-10-5-4-6-11-23/h4-12,19-20,22,24,26-29H,13-18H2,1-3H3. The fourth-order valence-corrected chi connectivity index (χ4v) is 9.22. The number of sulfone groups is 1. The lowest BCUT2D eigenvalue weighted by Crippen LogP contribution is -2.42. The Balaban J connectivity index is 1.52. The molecule has 0 aliphatic heterocycles. The van der Waals surface area contributed by atoms with Crippen molar-refractivity contribution in [2.24, 2.45) is 29.6 Å². The van der Waals surface area contributed by atoms with E-state index >= 15 is 0 Å². The maximum absolute atomic E-state index is 14.1. The Hall–Kier alpha value is -1.65. The predicted molar refractivity (Wildman–Crippen MR) is 133 cm³/mol. The normalized spacial score (nSPS) is 34.1. The van der Waals surface area contributed by atoms with Gasteiger partial charge in [-0.15, -0.1) is 0 Å². The third kappa shape index (κ3) is 4.30. The van der Waals surface area contributed by atoms with E-state index in [0.717, 1.165) is 31.2 Å². The van der Waals surface area contributed by atoms with Crippen molar-refractivity contribution in [2.45, 2.75) is 81.6 Å². The summed E-state index contributed by atoms with van der Waals surface area (Å²) in [4.78, 5) is 0.433. The average Bonchev–Trinajstić information content (AvgIpc) is 3.19. The fourth-order valence-electron chi connectivity index (χ4n) is 7.02. The van der Waals surface area contributed by atoms with Crippen LogP contribution in [0.15, 0.2) is 59.5 Å². The summed E-state index contributed by atoms with van der Waals surface area (Å²) in [6, 6.07) is 17.3. The number of hydrogen-bond acceptors (Lipinski definition) is 3. The van der Waals surface area contributed by atoms with Gasteiger partial charge in [-0.05, 0) is 79.0 Å². The van der Waals surface area contributed by atoms with Gasteiger partial charge in [-0.3, -0.25) is 0 Å². The summed E-state index contributed by atoms with van der Waals surface area (Å²) in [6.45, 7) is 6.96. The fraction of sp³-hybridized carbons (Fsp3) is 0.586. The van der Waals surface area contributed by atoms with Crippen LogP contribution < -0.4 is 0 Å². The average molecular weight is 467 g/mol. The van der Waals surface area contributed by atoms with Crippen LogP contribution in [0.3, 0.4) is 0 Å². The Morgan fingerprint density at radius 1 is 0.879 bits per heavy atom. The number of benzene rings is 2. The third-order valence-electron chi connectivity index (χ3n) is 8.71. The van der Waals surface area contributed by atoms with Gasteiger partial charge in [0.25, 0.3) is 0 Å². The zero-order chi connectivity index (χ0) is 23.2. The van der Waals surface area contributed by atoms with Crippen LogP contribution in [0.25, 0.3) is 0 Å². The highest BCUT2D eigenvalue weighted by atomic mass is 32.2. The number of fused-ring (bicyclic) bond motifs is 2. The quantitative estimate of drug-likeness (QED) is 0.497. The molecule has 3 nitrogen and oxygen atoms in total. The van der Waals surface area contributed by atoms with E-state index in [0.29, 0.717) is 28.6 Å². The Kier molecular flexibility index (Phi) is 6.43.